The number of piperidine rings is 1. The van der Waals surface area contributed by atoms with Gasteiger partial charge in [-0.1, -0.05) is 46.8 Å². The minimum atomic E-state index is -2.27. The van der Waals surface area contributed by atoms with E-state index in [-0.39, 0.29) is 41.4 Å². The second-order valence-electron chi connectivity index (χ2n) is 16.4. The Labute approximate surface area is 286 Å². The molecule has 3 atom stereocenters. The summed E-state index contributed by atoms with van der Waals surface area (Å²) >= 11 is 0. The summed E-state index contributed by atoms with van der Waals surface area (Å²) in [5.41, 5.74) is 9.27. The van der Waals surface area contributed by atoms with E-state index < -0.39 is 19.8 Å². The number of carbonyl (C=O) groups is 2. The molecule has 264 valence electrons. The van der Waals surface area contributed by atoms with Crippen LogP contribution in [0, 0.1) is 5.82 Å². The molecule has 1 aromatic carbocycles. The van der Waals surface area contributed by atoms with Crippen LogP contribution in [0.2, 0.25) is 18.1 Å². The predicted octanol–water partition coefficient (Wildman–Crippen LogP) is 5.30. The third-order valence-corrected chi connectivity index (χ3v) is 15.2. The third kappa shape index (κ3) is 7.87. The second kappa shape index (κ2) is 13.7. The first-order chi connectivity index (χ1) is 22.3. The minimum Gasteiger partial charge on any atom is -0.530 e. The number of carboxylic acid groups (broad SMARTS) is 1. The number of aromatic nitrogens is 1. The van der Waals surface area contributed by atoms with Gasteiger partial charge < -0.3 is 30.0 Å². The number of fused-ring (bicyclic) bond motifs is 1. The first-order valence-electron chi connectivity index (χ1n) is 17.3. The van der Waals surface area contributed by atoms with Crippen LogP contribution < -0.4 is 15.1 Å². The van der Waals surface area contributed by atoms with E-state index in [1.807, 2.05) is 11.8 Å². The van der Waals surface area contributed by atoms with E-state index in [4.69, 9.17) is 15.1 Å². The van der Waals surface area contributed by atoms with E-state index in [0.717, 1.165) is 48.4 Å². The molecule has 0 radical (unpaired) electrons. The Morgan fingerprint density at radius 3 is 2.46 bits per heavy atom. The molecule has 48 heavy (non-hydrogen) atoms. The fourth-order valence-electron chi connectivity index (χ4n) is 7.00. The Hall–Kier alpha value is -3.06. The van der Waals surface area contributed by atoms with Crippen molar-refractivity contribution in [2.45, 2.75) is 102 Å². The van der Waals surface area contributed by atoms with Crippen molar-refractivity contribution in [3.63, 3.8) is 0 Å². The molecule has 0 spiro atoms. The van der Waals surface area contributed by atoms with Crippen LogP contribution in [-0.2, 0) is 16.6 Å². The lowest BCUT2D eigenvalue weighted by atomic mass is 9.91. The molecule has 5 rings (SSSR count). The lowest BCUT2D eigenvalue weighted by molar-refractivity contribution is -0.121. The van der Waals surface area contributed by atoms with Gasteiger partial charge in [-0.25, -0.2) is 14.2 Å². The number of piperazine rings is 1. The molecule has 2 saturated heterocycles. The summed E-state index contributed by atoms with van der Waals surface area (Å²) < 4.78 is 20.6. The van der Waals surface area contributed by atoms with Crippen LogP contribution in [0.5, 0.6) is 5.88 Å². The van der Waals surface area contributed by atoms with Gasteiger partial charge in [0.05, 0.1) is 17.9 Å². The van der Waals surface area contributed by atoms with Gasteiger partial charge in [-0.05, 0) is 68.2 Å². The molecule has 0 saturated carbocycles. The van der Waals surface area contributed by atoms with Crippen molar-refractivity contribution in [1.82, 2.24) is 19.7 Å². The van der Waals surface area contributed by atoms with Gasteiger partial charge in [-0.3, -0.25) is 9.69 Å². The van der Waals surface area contributed by atoms with E-state index in [0.29, 0.717) is 38.5 Å². The molecule has 2 fully saturated rings. The molecule has 3 aliphatic heterocycles. The maximum atomic E-state index is 14.4. The smallest absolute Gasteiger partial charge is 0.407 e. The zero-order valence-corrected chi connectivity index (χ0v) is 31.1. The maximum absolute atomic E-state index is 14.4. The number of rotatable bonds is 8. The van der Waals surface area contributed by atoms with Gasteiger partial charge in [0.15, 0.2) is 0 Å². The van der Waals surface area contributed by atoms with Gasteiger partial charge in [-0.15, -0.1) is 0 Å². The summed E-state index contributed by atoms with van der Waals surface area (Å²) in [6.07, 6.45) is 1.56. The quantitative estimate of drug-likeness (QED) is 0.361. The topological polar surface area (TPSA) is 115 Å². The van der Waals surface area contributed by atoms with Crippen LogP contribution >= 0.6 is 0 Å². The van der Waals surface area contributed by atoms with Gasteiger partial charge >= 0.3 is 6.09 Å². The summed E-state index contributed by atoms with van der Waals surface area (Å²) in [7, 11) is -2.27. The SMILES string of the molecule is C[C@@H]1CN(CC(=O)N2CC(C)(C)c3nc(O[Si](C)(C)C(C)(C)C)c(Cc4ccc(F)cc4)cc32)[C@@H](CN2CCC[C@@H](N)C2)CN1C(=O)O. The van der Waals surface area contributed by atoms with Crippen molar-refractivity contribution in [1.29, 1.82) is 0 Å². The molecule has 2 aromatic rings. The van der Waals surface area contributed by atoms with Gasteiger partial charge in [0, 0.05) is 68.2 Å². The molecule has 10 nitrogen and oxygen atoms in total. The number of likely N-dealkylation sites (tertiary alicyclic amines) is 1. The van der Waals surface area contributed by atoms with Crippen molar-refractivity contribution in [2.24, 2.45) is 5.73 Å². The monoisotopic (exact) mass is 682 g/mol. The lowest BCUT2D eigenvalue weighted by Crippen LogP contribution is -2.63. The molecular formula is C36H55FN6O4Si. The highest BCUT2D eigenvalue weighted by molar-refractivity contribution is 6.74. The molecule has 3 aliphatic rings. The van der Waals surface area contributed by atoms with E-state index in [1.54, 1.807) is 12.1 Å². The fraction of sp³-hybridized carbons (Fsp3) is 0.639. The zero-order valence-electron chi connectivity index (χ0n) is 30.1. The molecule has 1 aromatic heterocycles. The number of amides is 2. The third-order valence-electron chi connectivity index (χ3n) is 10.8. The average Bonchev–Trinajstić information content (AvgIpc) is 3.24. The number of benzene rings is 1. The number of nitrogens with zero attached hydrogens (tertiary/aromatic N) is 5. The van der Waals surface area contributed by atoms with E-state index in [9.17, 15) is 19.1 Å². The summed E-state index contributed by atoms with van der Waals surface area (Å²) in [5.74, 6) is 0.262. The Morgan fingerprint density at radius 2 is 1.83 bits per heavy atom. The average molecular weight is 683 g/mol. The van der Waals surface area contributed by atoms with Gasteiger partial charge in [0.1, 0.15) is 5.82 Å². The number of anilines is 1. The Morgan fingerprint density at radius 1 is 1.15 bits per heavy atom. The first kappa shape index (κ1) is 36.2. The zero-order chi connectivity index (χ0) is 35.2. The van der Waals surface area contributed by atoms with E-state index in [1.165, 1.54) is 17.0 Å². The number of hydrogen-bond donors (Lipinski definition) is 2. The Kier molecular flexibility index (Phi) is 10.3. The lowest BCUT2D eigenvalue weighted by Gasteiger charge is -2.46. The molecule has 0 bridgehead atoms. The van der Waals surface area contributed by atoms with Crippen LogP contribution in [0.25, 0.3) is 0 Å². The molecule has 3 N–H and O–H groups in total. The van der Waals surface area contributed by atoms with Crippen molar-refractivity contribution in [3.05, 3.63) is 53.0 Å². The number of hydrogen-bond acceptors (Lipinski definition) is 7. The normalized spacial score (nSPS) is 23.7. The molecule has 4 heterocycles. The van der Waals surface area contributed by atoms with Crippen molar-refractivity contribution >= 4 is 26.0 Å². The molecule has 2 amide bonds. The van der Waals surface area contributed by atoms with Crippen molar-refractivity contribution < 1.29 is 23.5 Å². The van der Waals surface area contributed by atoms with Crippen LogP contribution in [0.15, 0.2) is 30.3 Å². The van der Waals surface area contributed by atoms with Crippen LogP contribution in [0.1, 0.15) is 71.2 Å². The molecular weight excluding hydrogens is 628 g/mol. The Bertz CT molecular complexity index is 1500. The van der Waals surface area contributed by atoms with Crippen LogP contribution in [-0.4, -0.2) is 109 Å². The maximum Gasteiger partial charge on any atom is 0.407 e. The molecule has 0 aliphatic carbocycles. The summed E-state index contributed by atoms with van der Waals surface area (Å²) in [6.45, 7) is 20.9. The minimum absolute atomic E-state index is 0.0363. The summed E-state index contributed by atoms with van der Waals surface area (Å²) in [6, 6.07) is 8.27. The van der Waals surface area contributed by atoms with Crippen molar-refractivity contribution in [3.8, 4) is 5.88 Å². The van der Waals surface area contributed by atoms with Crippen LogP contribution in [0.4, 0.5) is 14.9 Å². The van der Waals surface area contributed by atoms with Crippen molar-refractivity contribution in [2.75, 3.05) is 50.7 Å². The van der Waals surface area contributed by atoms with Gasteiger partial charge in [0.25, 0.3) is 8.32 Å². The fourth-order valence-corrected chi connectivity index (χ4v) is 7.96. The predicted molar refractivity (Wildman–Crippen MR) is 190 cm³/mol. The summed E-state index contributed by atoms with van der Waals surface area (Å²) in [5, 5.41) is 9.88. The Balaban J connectivity index is 1.46. The standard InChI is InChI=1S/C36H55FN6O4Si/c1-24-18-41(29(21-42(24)34(45)46)20-40-15-9-10-28(38)19-40)22-31(44)43-23-36(5,6)32-30(43)17-26(16-25-11-13-27(37)14-12-25)33(39-32)47-48(7,8)35(2,3)4/h11-14,17,24,28-29H,9-10,15-16,18-23,38H2,1-8H3,(H,45,46)/t24-,28-,29+/m1/s1. The number of carbonyl (C=O) groups excluding carboxylic acids is 1. The van der Waals surface area contributed by atoms with Crippen LogP contribution in [0.3, 0.4) is 0 Å². The highest BCUT2D eigenvalue weighted by Crippen LogP contribution is 2.44. The number of nitrogens with two attached hydrogens (primary N) is 1. The van der Waals surface area contributed by atoms with Gasteiger partial charge in [0.2, 0.25) is 11.8 Å². The largest absolute Gasteiger partial charge is 0.530 e. The van der Waals surface area contributed by atoms with Gasteiger partial charge in [-0.2, -0.15) is 0 Å². The number of pyridine rings is 1. The summed E-state index contributed by atoms with van der Waals surface area (Å²) in [4.78, 5) is 39.5. The molecule has 12 heteroatoms. The number of halogens is 1. The first-order valence-corrected chi connectivity index (χ1v) is 20.3. The highest BCUT2D eigenvalue weighted by atomic mass is 28.4. The second-order valence-corrected chi connectivity index (χ2v) is 21.1. The highest BCUT2D eigenvalue weighted by Gasteiger charge is 2.44. The van der Waals surface area contributed by atoms with E-state index in [2.05, 4.69) is 63.6 Å². The van der Waals surface area contributed by atoms with E-state index >= 15 is 0 Å². The molecule has 0 unspecified atom stereocenters.